The van der Waals surface area contributed by atoms with Crippen molar-refractivity contribution in [1.29, 1.82) is 0 Å². The van der Waals surface area contributed by atoms with Crippen molar-refractivity contribution in [1.82, 2.24) is 0 Å². The van der Waals surface area contributed by atoms with E-state index in [9.17, 15) is 0 Å². The molecule has 0 aliphatic carbocycles. The van der Waals surface area contributed by atoms with Crippen molar-refractivity contribution in [3.8, 4) is 0 Å². The smallest absolute Gasteiger partial charge is 0.106 e. The Morgan fingerprint density at radius 1 is 1.40 bits per heavy atom. The van der Waals surface area contributed by atoms with Gasteiger partial charge in [-0.15, -0.1) is 0 Å². The van der Waals surface area contributed by atoms with Crippen LogP contribution in [0, 0.1) is 0 Å². The molecule has 0 radical (unpaired) electrons. The SMILES string of the molecule is C=O.CSC. The summed E-state index contributed by atoms with van der Waals surface area (Å²) in [7, 11) is 0. The van der Waals surface area contributed by atoms with Gasteiger partial charge in [-0.25, -0.2) is 0 Å². The van der Waals surface area contributed by atoms with Crippen molar-refractivity contribution < 1.29 is 4.79 Å². The van der Waals surface area contributed by atoms with Crippen LogP contribution in [0.5, 0.6) is 0 Å². The lowest BCUT2D eigenvalue weighted by Crippen LogP contribution is -1.25. The summed E-state index contributed by atoms with van der Waals surface area (Å²) in [5.41, 5.74) is 0. The maximum absolute atomic E-state index is 8.00. The largest absolute Gasteiger partial charge is 0.307 e. The molecule has 0 N–H and O–H groups in total. The number of hydrogen-bond donors (Lipinski definition) is 0. The van der Waals surface area contributed by atoms with E-state index in [-0.39, 0.29) is 0 Å². The Labute approximate surface area is 36.8 Å². The number of carbonyl (C=O) groups is 1. The normalized spacial score (nSPS) is 4.40. The van der Waals surface area contributed by atoms with Crippen LogP contribution < -0.4 is 0 Å². The highest BCUT2D eigenvalue weighted by atomic mass is 32.2. The van der Waals surface area contributed by atoms with Gasteiger partial charge < -0.3 is 4.79 Å². The van der Waals surface area contributed by atoms with Crippen LogP contribution in [0.15, 0.2) is 0 Å². The van der Waals surface area contributed by atoms with E-state index in [1.807, 2.05) is 19.3 Å². The Balaban J connectivity index is 0. The van der Waals surface area contributed by atoms with Crippen molar-refractivity contribution in [2.24, 2.45) is 0 Å². The van der Waals surface area contributed by atoms with E-state index >= 15 is 0 Å². The predicted molar refractivity (Wildman–Crippen MR) is 26.6 cm³/mol. The van der Waals surface area contributed by atoms with Gasteiger partial charge in [0.1, 0.15) is 6.79 Å². The molecule has 1 nitrogen and oxygen atoms in total. The average Bonchev–Trinajstić information content (AvgIpc) is 1.46. The zero-order chi connectivity index (χ0) is 4.71. The lowest BCUT2D eigenvalue weighted by molar-refractivity contribution is -0.0979. The van der Waals surface area contributed by atoms with Crippen LogP contribution in [0.1, 0.15) is 0 Å². The first-order valence-corrected chi connectivity index (χ1v) is 2.74. The lowest BCUT2D eigenvalue weighted by atomic mass is 11.9. The minimum absolute atomic E-state index is 1.75. The molecular formula is C3H8OS. The van der Waals surface area contributed by atoms with Crippen molar-refractivity contribution in [2.45, 2.75) is 0 Å². The van der Waals surface area contributed by atoms with Gasteiger partial charge in [-0.3, -0.25) is 0 Å². The number of carbonyl (C=O) groups excluding carboxylic acids is 1. The van der Waals surface area contributed by atoms with Gasteiger partial charge in [0, 0.05) is 0 Å². The molecule has 0 spiro atoms. The first-order valence-electron chi connectivity index (χ1n) is 1.11. The molecule has 0 unspecified atom stereocenters. The van der Waals surface area contributed by atoms with E-state index in [0.29, 0.717) is 0 Å². The van der Waals surface area contributed by atoms with Crippen LogP contribution in [0.3, 0.4) is 0 Å². The molecule has 0 fully saturated rings. The van der Waals surface area contributed by atoms with Crippen LogP contribution in [0.2, 0.25) is 0 Å². The predicted octanol–water partition coefficient (Wildman–Crippen LogP) is 0.794. The zero-order valence-electron chi connectivity index (χ0n) is 3.52. The third kappa shape index (κ3) is 41000. The number of rotatable bonds is 0. The third-order valence-electron chi connectivity index (χ3n) is 0. The topological polar surface area (TPSA) is 17.1 Å². The molecule has 0 aliphatic heterocycles. The first-order chi connectivity index (χ1) is 2.41. The van der Waals surface area contributed by atoms with Gasteiger partial charge in [0.05, 0.1) is 0 Å². The van der Waals surface area contributed by atoms with Crippen LogP contribution in [0.4, 0.5) is 0 Å². The summed E-state index contributed by atoms with van der Waals surface area (Å²) in [6, 6.07) is 0. The maximum Gasteiger partial charge on any atom is 0.106 e. The van der Waals surface area contributed by atoms with Gasteiger partial charge in [-0.05, 0) is 12.5 Å². The second-order valence-electron chi connectivity index (χ2n) is 0.408. The molecule has 0 saturated carbocycles. The Kier molecular flexibility index (Phi) is 62.7. The van der Waals surface area contributed by atoms with Crippen LogP contribution >= 0.6 is 11.8 Å². The number of thioether (sulfide) groups is 1. The second kappa shape index (κ2) is 35.2. The average molecular weight is 92.2 g/mol. The highest BCUT2D eigenvalue weighted by Gasteiger charge is 1.32. The molecule has 2 heteroatoms. The van der Waals surface area contributed by atoms with Crippen LogP contribution in [0.25, 0.3) is 0 Å². The second-order valence-corrected chi connectivity index (χ2v) is 1.22. The molecule has 0 saturated heterocycles. The van der Waals surface area contributed by atoms with E-state index < -0.39 is 0 Å². The van der Waals surface area contributed by atoms with E-state index in [4.69, 9.17) is 4.79 Å². The van der Waals surface area contributed by atoms with Crippen molar-refractivity contribution in [2.75, 3.05) is 12.5 Å². The van der Waals surface area contributed by atoms with Gasteiger partial charge in [-0.2, -0.15) is 11.8 Å². The fourth-order valence-corrected chi connectivity index (χ4v) is 0. The molecule has 0 amide bonds. The van der Waals surface area contributed by atoms with E-state index in [0.717, 1.165) is 0 Å². The van der Waals surface area contributed by atoms with Crippen molar-refractivity contribution >= 4 is 18.6 Å². The van der Waals surface area contributed by atoms with E-state index in [1.54, 1.807) is 11.8 Å². The van der Waals surface area contributed by atoms with Crippen LogP contribution in [-0.4, -0.2) is 19.3 Å². The molecule has 5 heavy (non-hydrogen) atoms. The zero-order valence-corrected chi connectivity index (χ0v) is 4.34. The molecule has 0 aromatic rings. The Hall–Kier alpha value is 0.0200. The molecule has 0 heterocycles. The van der Waals surface area contributed by atoms with Gasteiger partial charge in [0.25, 0.3) is 0 Å². The molecule has 0 aliphatic rings. The van der Waals surface area contributed by atoms with Crippen LogP contribution in [-0.2, 0) is 4.79 Å². The fourth-order valence-electron chi connectivity index (χ4n) is 0. The summed E-state index contributed by atoms with van der Waals surface area (Å²) in [6.07, 6.45) is 4.08. The van der Waals surface area contributed by atoms with Crippen molar-refractivity contribution in [3.05, 3.63) is 0 Å². The number of hydrogen-bond acceptors (Lipinski definition) is 2. The lowest BCUT2D eigenvalue weighted by Gasteiger charge is -1.51. The maximum atomic E-state index is 8.00. The van der Waals surface area contributed by atoms with E-state index in [1.165, 1.54) is 0 Å². The molecule has 0 bridgehead atoms. The summed E-state index contributed by atoms with van der Waals surface area (Å²) >= 11 is 1.75. The Morgan fingerprint density at radius 3 is 1.40 bits per heavy atom. The molecular weight excluding hydrogens is 84.1 g/mol. The van der Waals surface area contributed by atoms with Gasteiger partial charge in [-0.1, -0.05) is 0 Å². The molecule has 0 aromatic carbocycles. The standard InChI is InChI=1S/C2H6S.CH2O/c1-3-2;1-2/h1-2H3;1H2. The minimum Gasteiger partial charge on any atom is -0.307 e. The molecule has 0 atom stereocenters. The first kappa shape index (κ1) is 8.89. The molecule has 0 aromatic heterocycles. The summed E-state index contributed by atoms with van der Waals surface area (Å²) < 4.78 is 0. The third-order valence-corrected chi connectivity index (χ3v) is 0. The molecule has 32 valence electrons. The van der Waals surface area contributed by atoms with Crippen molar-refractivity contribution in [3.63, 3.8) is 0 Å². The summed E-state index contributed by atoms with van der Waals surface area (Å²) in [4.78, 5) is 8.00. The van der Waals surface area contributed by atoms with Gasteiger partial charge in [0.2, 0.25) is 0 Å². The summed E-state index contributed by atoms with van der Waals surface area (Å²) in [5, 5.41) is 0. The monoisotopic (exact) mass is 92.0 g/mol. The summed E-state index contributed by atoms with van der Waals surface area (Å²) in [6.45, 7) is 2.00. The fraction of sp³-hybridized carbons (Fsp3) is 0.667. The van der Waals surface area contributed by atoms with Gasteiger partial charge >= 0.3 is 0 Å². The minimum atomic E-state index is 1.75. The van der Waals surface area contributed by atoms with E-state index in [2.05, 4.69) is 0 Å². The Bertz CT molecular complexity index is 10.9. The quantitative estimate of drug-likeness (QED) is 0.439. The highest BCUT2D eigenvalue weighted by molar-refractivity contribution is 7.97. The highest BCUT2D eigenvalue weighted by Crippen LogP contribution is 1.70. The Morgan fingerprint density at radius 2 is 1.40 bits per heavy atom. The van der Waals surface area contributed by atoms with Gasteiger partial charge in [0.15, 0.2) is 0 Å². The molecule has 0 rings (SSSR count). The summed E-state index contributed by atoms with van der Waals surface area (Å²) in [5.74, 6) is 0.